The first-order chi connectivity index (χ1) is 8.55. The second kappa shape index (κ2) is 6.73. The van der Waals surface area contributed by atoms with Crippen molar-refractivity contribution in [3.05, 3.63) is 0 Å². The van der Waals surface area contributed by atoms with Crippen LogP contribution in [0.2, 0.25) is 0 Å². The van der Waals surface area contributed by atoms with Gasteiger partial charge in [0.15, 0.2) is 0 Å². The molecule has 1 rings (SSSR count). The molecule has 1 aliphatic carbocycles. The molecular weight excluding hydrogens is 232 g/mol. The number of rotatable bonds is 4. The average Bonchev–Trinajstić information content (AvgIpc) is 2.63. The number of amides is 1. The van der Waals surface area contributed by atoms with Crippen molar-refractivity contribution in [1.29, 1.82) is 0 Å². The minimum Gasteiger partial charge on any atom is -0.467 e. The summed E-state index contributed by atoms with van der Waals surface area (Å²) < 4.78 is 4.61. The molecule has 1 fully saturated rings. The molecule has 1 atom stereocenters. The summed E-state index contributed by atoms with van der Waals surface area (Å²) in [6, 6.07) is -0.617. The van der Waals surface area contributed by atoms with Gasteiger partial charge in [0.2, 0.25) is 5.91 Å². The number of esters is 1. The lowest BCUT2D eigenvalue weighted by molar-refractivity contribution is -0.146. The van der Waals surface area contributed by atoms with Crippen LogP contribution in [0.1, 0.15) is 45.4 Å². The normalized spacial score (nSPS) is 20.6. The summed E-state index contributed by atoms with van der Waals surface area (Å²) in [4.78, 5) is 23.7. The fourth-order valence-corrected chi connectivity index (χ4v) is 2.51. The van der Waals surface area contributed by atoms with E-state index in [2.05, 4.69) is 10.1 Å². The highest BCUT2D eigenvalue weighted by molar-refractivity contribution is 5.88. The topological polar surface area (TPSA) is 81.4 Å². The second-order valence-corrected chi connectivity index (χ2v) is 5.12. The van der Waals surface area contributed by atoms with Gasteiger partial charge in [0.25, 0.3) is 0 Å². The number of hydrogen-bond donors (Lipinski definition) is 2. The summed E-state index contributed by atoms with van der Waals surface area (Å²) in [5.74, 6) is -0.533. The molecule has 1 aliphatic rings. The Kier molecular flexibility index (Phi) is 5.59. The maximum absolute atomic E-state index is 12.3. The lowest BCUT2D eigenvalue weighted by Gasteiger charge is -2.30. The highest BCUT2D eigenvalue weighted by atomic mass is 16.5. The SMILES string of the molecule is COC(=O)C(C)NC(=O)C1(CN)CCCCCC1. The molecule has 0 bridgehead atoms. The number of methoxy groups -OCH3 is 1. The van der Waals surface area contributed by atoms with Crippen LogP contribution in [0.4, 0.5) is 0 Å². The van der Waals surface area contributed by atoms with Crippen molar-refractivity contribution >= 4 is 11.9 Å². The monoisotopic (exact) mass is 256 g/mol. The highest BCUT2D eigenvalue weighted by Gasteiger charge is 2.38. The Labute approximate surface area is 108 Å². The molecule has 18 heavy (non-hydrogen) atoms. The molecule has 5 nitrogen and oxygen atoms in total. The summed E-state index contributed by atoms with van der Waals surface area (Å²) >= 11 is 0. The van der Waals surface area contributed by atoms with Crippen molar-refractivity contribution < 1.29 is 14.3 Å². The van der Waals surface area contributed by atoms with Crippen LogP contribution in [0.15, 0.2) is 0 Å². The molecule has 1 amide bonds. The summed E-state index contributed by atoms with van der Waals surface area (Å²) in [5.41, 5.74) is 5.31. The molecule has 0 aliphatic heterocycles. The lowest BCUT2D eigenvalue weighted by atomic mass is 9.79. The van der Waals surface area contributed by atoms with Gasteiger partial charge in [-0.25, -0.2) is 4.79 Å². The molecule has 1 saturated carbocycles. The minimum absolute atomic E-state index is 0.107. The Morgan fingerprint density at radius 2 is 1.83 bits per heavy atom. The van der Waals surface area contributed by atoms with Crippen molar-refractivity contribution in [3.63, 3.8) is 0 Å². The van der Waals surface area contributed by atoms with Crippen LogP contribution in [0.25, 0.3) is 0 Å². The first-order valence-electron chi connectivity index (χ1n) is 6.64. The Bertz CT molecular complexity index is 297. The zero-order valence-corrected chi connectivity index (χ0v) is 11.3. The molecular formula is C13H24N2O3. The van der Waals surface area contributed by atoms with Gasteiger partial charge in [-0.1, -0.05) is 25.7 Å². The van der Waals surface area contributed by atoms with Gasteiger partial charge >= 0.3 is 5.97 Å². The van der Waals surface area contributed by atoms with Crippen LogP contribution in [-0.4, -0.2) is 31.6 Å². The third-order valence-corrected chi connectivity index (χ3v) is 3.84. The second-order valence-electron chi connectivity index (χ2n) is 5.12. The molecule has 104 valence electrons. The van der Waals surface area contributed by atoms with E-state index < -0.39 is 17.4 Å². The maximum Gasteiger partial charge on any atom is 0.328 e. The van der Waals surface area contributed by atoms with Crippen LogP contribution >= 0.6 is 0 Å². The zero-order valence-electron chi connectivity index (χ0n) is 11.3. The summed E-state index contributed by atoms with van der Waals surface area (Å²) in [6.45, 7) is 1.97. The van der Waals surface area contributed by atoms with E-state index in [1.165, 1.54) is 7.11 Å². The number of hydrogen-bond acceptors (Lipinski definition) is 4. The number of nitrogens with two attached hydrogens (primary N) is 1. The van der Waals surface area contributed by atoms with Crippen molar-refractivity contribution in [3.8, 4) is 0 Å². The van der Waals surface area contributed by atoms with Gasteiger partial charge < -0.3 is 15.8 Å². The van der Waals surface area contributed by atoms with Gasteiger partial charge in [-0.2, -0.15) is 0 Å². The molecule has 0 aromatic carbocycles. The number of carbonyl (C=O) groups is 2. The van der Waals surface area contributed by atoms with Gasteiger partial charge in [0, 0.05) is 6.54 Å². The van der Waals surface area contributed by atoms with E-state index in [1.807, 2.05) is 0 Å². The molecule has 0 heterocycles. The van der Waals surface area contributed by atoms with Crippen molar-refractivity contribution in [2.75, 3.05) is 13.7 Å². The van der Waals surface area contributed by atoms with E-state index in [0.717, 1.165) is 38.5 Å². The third kappa shape index (κ3) is 3.45. The first kappa shape index (κ1) is 15.0. The average molecular weight is 256 g/mol. The van der Waals surface area contributed by atoms with E-state index >= 15 is 0 Å². The molecule has 0 saturated heterocycles. The molecule has 5 heteroatoms. The Morgan fingerprint density at radius 3 is 2.28 bits per heavy atom. The van der Waals surface area contributed by atoms with Crippen LogP contribution < -0.4 is 11.1 Å². The van der Waals surface area contributed by atoms with E-state index in [0.29, 0.717) is 6.54 Å². The molecule has 0 aromatic rings. The summed E-state index contributed by atoms with van der Waals surface area (Å²) in [7, 11) is 1.31. The van der Waals surface area contributed by atoms with Gasteiger partial charge in [-0.3, -0.25) is 4.79 Å². The highest BCUT2D eigenvalue weighted by Crippen LogP contribution is 2.34. The Balaban J connectivity index is 2.68. The molecule has 0 spiro atoms. The van der Waals surface area contributed by atoms with E-state index in [1.54, 1.807) is 6.92 Å². The Morgan fingerprint density at radius 1 is 1.28 bits per heavy atom. The smallest absolute Gasteiger partial charge is 0.328 e. The van der Waals surface area contributed by atoms with E-state index in [4.69, 9.17) is 5.73 Å². The first-order valence-corrected chi connectivity index (χ1v) is 6.64. The quantitative estimate of drug-likeness (QED) is 0.580. The third-order valence-electron chi connectivity index (χ3n) is 3.84. The molecule has 0 radical (unpaired) electrons. The summed E-state index contributed by atoms with van der Waals surface area (Å²) in [5, 5.41) is 2.73. The van der Waals surface area contributed by atoms with Crippen LogP contribution in [0, 0.1) is 5.41 Å². The van der Waals surface area contributed by atoms with Gasteiger partial charge in [0.05, 0.1) is 12.5 Å². The standard InChI is InChI=1S/C13H24N2O3/c1-10(11(16)18-2)15-12(17)13(9-14)7-5-3-4-6-8-13/h10H,3-9,14H2,1-2H3,(H,15,17). The van der Waals surface area contributed by atoms with Crippen molar-refractivity contribution in [1.82, 2.24) is 5.32 Å². The molecule has 3 N–H and O–H groups in total. The fraction of sp³-hybridized carbons (Fsp3) is 0.846. The fourth-order valence-electron chi connectivity index (χ4n) is 2.51. The van der Waals surface area contributed by atoms with Crippen LogP contribution in [-0.2, 0) is 14.3 Å². The zero-order chi connectivity index (χ0) is 13.6. The van der Waals surface area contributed by atoms with E-state index in [9.17, 15) is 9.59 Å². The lowest BCUT2D eigenvalue weighted by Crippen LogP contribution is -2.50. The van der Waals surface area contributed by atoms with Crippen LogP contribution in [0.3, 0.4) is 0 Å². The van der Waals surface area contributed by atoms with Crippen LogP contribution in [0.5, 0.6) is 0 Å². The van der Waals surface area contributed by atoms with Crippen molar-refractivity contribution in [2.45, 2.75) is 51.5 Å². The molecule has 0 aromatic heterocycles. The number of ether oxygens (including phenoxy) is 1. The van der Waals surface area contributed by atoms with Gasteiger partial charge in [0.1, 0.15) is 6.04 Å². The van der Waals surface area contributed by atoms with Gasteiger partial charge in [-0.05, 0) is 19.8 Å². The predicted molar refractivity (Wildman–Crippen MR) is 68.8 cm³/mol. The largest absolute Gasteiger partial charge is 0.467 e. The molecule has 1 unspecified atom stereocenters. The van der Waals surface area contributed by atoms with Gasteiger partial charge in [-0.15, -0.1) is 0 Å². The number of carbonyl (C=O) groups excluding carboxylic acids is 2. The van der Waals surface area contributed by atoms with Crippen molar-refractivity contribution in [2.24, 2.45) is 11.1 Å². The number of nitrogens with one attached hydrogen (secondary N) is 1. The Hall–Kier alpha value is -1.10. The minimum atomic E-state index is -0.617. The maximum atomic E-state index is 12.3. The predicted octanol–water partition coefficient (Wildman–Crippen LogP) is 0.963. The van der Waals surface area contributed by atoms with E-state index in [-0.39, 0.29) is 5.91 Å². The summed E-state index contributed by atoms with van der Waals surface area (Å²) in [6.07, 6.45) is 5.98.